The minimum absolute atomic E-state index is 0.0143. The molecule has 21 heavy (non-hydrogen) atoms. The molecule has 2 rings (SSSR count). The average Bonchev–Trinajstić information content (AvgIpc) is 2.79. The first-order chi connectivity index (χ1) is 9.92. The quantitative estimate of drug-likeness (QED) is 0.790. The maximum absolute atomic E-state index is 12.1. The molecule has 0 spiro atoms. The molecule has 1 fully saturated rings. The number of nitrogens with zero attached hydrogens (tertiary/aromatic N) is 4. The summed E-state index contributed by atoms with van der Waals surface area (Å²) >= 11 is 3.05. The molecule has 1 aliphatic heterocycles. The van der Waals surface area contributed by atoms with Gasteiger partial charge in [-0.05, 0) is 35.2 Å². The van der Waals surface area contributed by atoms with Crippen LogP contribution in [-0.4, -0.2) is 53.9 Å². The number of nitrogens with one attached hydrogen (secondary N) is 1. The van der Waals surface area contributed by atoms with Gasteiger partial charge in [0, 0.05) is 33.1 Å². The van der Waals surface area contributed by atoms with E-state index in [2.05, 4.69) is 31.0 Å². The van der Waals surface area contributed by atoms with Crippen molar-refractivity contribution in [3.63, 3.8) is 0 Å². The van der Waals surface area contributed by atoms with Crippen molar-refractivity contribution >= 4 is 31.9 Å². The Labute approximate surface area is 132 Å². The molecule has 8 nitrogen and oxygen atoms in total. The standard InChI is InChI=1S/C11H18BrN5O3S/c1-16-11(10(12)14-15-16)21(19,20)13-6-5-9(18)17-7-3-2-4-8-17/h13H,2-8H2,1H3. The lowest BCUT2D eigenvalue weighted by atomic mass is 10.1. The number of aromatic nitrogens is 3. The van der Waals surface area contributed by atoms with Crippen molar-refractivity contribution in [2.75, 3.05) is 19.6 Å². The van der Waals surface area contributed by atoms with Crippen molar-refractivity contribution in [2.45, 2.75) is 30.7 Å². The van der Waals surface area contributed by atoms with E-state index in [1.54, 1.807) is 4.90 Å². The molecule has 1 aromatic heterocycles. The third-order valence-electron chi connectivity index (χ3n) is 3.33. The Morgan fingerprint density at radius 3 is 2.57 bits per heavy atom. The minimum atomic E-state index is -3.73. The minimum Gasteiger partial charge on any atom is -0.343 e. The van der Waals surface area contributed by atoms with Crippen LogP contribution in [0.1, 0.15) is 25.7 Å². The lowest BCUT2D eigenvalue weighted by Crippen LogP contribution is -2.38. The van der Waals surface area contributed by atoms with E-state index >= 15 is 0 Å². The van der Waals surface area contributed by atoms with E-state index in [0.717, 1.165) is 32.4 Å². The van der Waals surface area contributed by atoms with Gasteiger partial charge in [0.15, 0.2) is 4.60 Å². The van der Waals surface area contributed by atoms with Crippen molar-refractivity contribution in [3.05, 3.63) is 4.60 Å². The van der Waals surface area contributed by atoms with Gasteiger partial charge < -0.3 is 4.90 Å². The molecular weight excluding hydrogens is 362 g/mol. The van der Waals surface area contributed by atoms with Gasteiger partial charge in [0.05, 0.1) is 0 Å². The van der Waals surface area contributed by atoms with Crippen LogP contribution < -0.4 is 4.72 Å². The van der Waals surface area contributed by atoms with Gasteiger partial charge in [0.2, 0.25) is 10.9 Å². The molecule has 1 N–H and O–H groups in total. The summed E-state index contributed by atoms with van der Waals surface area (Å²) < 4.78 is 28.0. The van der Waals surface area contributed by atoms with Crippen molar-refractivity contribution in [2.24, 2.45) is 7.05 Å². The molecule has 1 aliphatic rings. The summed E-state index contributed by atoms with van der Waals surface area (Å²) in [7, 11) is -2.24. The van der Waals surface area contributed by atoms with Crippen molar-refractivity contribution in [1.82, 2.24) is 24.6 Å². The van der Waals surface area contributed by atoms with E-state index in [4.69, 9.17) is 0 Å². The summed E-state index contributed by atoms with van der Waals surface area (Å²) in [5.74, 6) is -0.0143. The normalized spacial score (nSPS) is 16.2. The summed E-state index contributed by atoms with van der Waals surface area (Å²) in [6.07, 6.45) is 3.34. The number of aryl methyl sites for hydroxylation is 1. The molecule has 0 aliphatic carbocycles. The van der Waals surface area contributed by atoms with Crippen LogP contribution in [0, 0.1) is 0 Å². The number of piperidine rings is 1. The zero-order chi connectivity index (χ0) is 15.5. The monoisotopic (exact) mass is 379 g/mol. The van der Waals surface area contributed by atoms with E-state index in [0.29, 0.717) is 0 Å². The van der Waals surface area contributed by atoms with Gasteiger partial charge in [0.1, 0.15) is 0 Å². The highest BCUT2D eigenvalue weighted by atomic mass is 79.9. The molecule has 0 atom stereocenters. The second-order valence-corrected chi connectivity index (χ2v) is 7.33. The van der Waals surface area contributed by atoms with Gasteiger partial charge in [-0.25, -0.2) is 17.8 Å². The average molecular weight is 380 g/mol. The second-order valence-electron chi connectivity index (χ2n) is 4.90. The van der Waals surface area contributed by atoms with Crippen molar-refractivity contribution < 1.29 is 13.2 Å². The van der Waals surface area contributed by atoms with Gasteiger partial charge in [-0.3, -0.25) is 4.79 Å². The zero-order valence-electron chi connectivity index (χ0n) is 11.7. The Morgan fingerprint density at radius 1 is 1.33 bits per heavy atom. The van der Waals surface area contributed by atoms with E-state index in [9.17, 15) is 13.2 Å². The third kappa shape index (κ3) is 4.01. The summed E-state index contributed by atoms with van der Waals surface area (Å²) in [6.45, 7) is 1.60. The van der Waals surface area contributed by atoms with Crippen LogP contribution in [-0.2, 0) is 21.9 Å². The molecule has 0 unspecified atom stereocenters. The number of carbonyl (C=O) groups excluding carboxylic acids is 1. The zero-order valence-corrected chi connectivity index (χ0v) is 14.2. The molecule has 0 radical (unpaired) electrons. The first-order valence-corrected chi connectivity index (χ1v) is 9.02. The topological polar surface area (TPSA) is 97.2 Å². The molecule has 10 heteroatoms. The van der Waals surface area contributed by atoms with Gasteiger partial charge in [0.25, 0.3) is 10.0 Å². The maximum Gasteiger partial charge on any atom is 0.260 e. The Hall–Kier alpha value is -1.00. The fraction of sp³-hybridized carbons (Fsp3) is 0.727. The summed E-state index contributed by atoms with van der Waals surface area (Å²) in [4.78, 5) is 13.7. The number of hydrogen-bond donors (Lipinski definition) is 1. The van der Waals surface area contributed by atoms with Crippen molar-refractivity contribution in [1.29, 1.82) is 0 Å². The van der Waals surface area contributed by atoms with Gasteiger partial charge >= 0.3 is 0 Å². The van der Waals surface area contributed by atoms with Crippen LogP contribution in [0.15, 0.2) is 9.63 Å². The Bertz CT molecular complexity index is 590. The molecule has 1 aromatic rings. The molecule has 0 bridgehead atoms. The number of rotatable bonds is 5. The van der Waals surface area contributed by atoms with Crippen LogP contribution in [0.25, 0.3) is 0 Å². The first-order valence-electron chi connectivity index (χ1n) is 6.74. The largest absolute Gasteiger partial charge is 0.343 e. The highest BCUT2D eigenvalue weighted by molar-refractivity contribution is 9.10. The Kier molecular flexibility index (Phi) is 5.33. The van der Waals surface area contributed by atoms with E-state index in [1.165, 1.54) is 11.7 Å². The number of hydrogen-bond acceptors (Lipinski definition) is 5. The Morgan fingerprint density at radius 2 is 2.00 bits per heavy atom. The number of likely N-dealkylation sites (tertiary alicyclic amines) is 1. The Balaban J connectivity index is 1.89. The van der Waals surface area contributed by atoms with Gasteiger partial charge in [-0.15, -0.1) is 5.10 Å². The van der Waals surface area contributed by atoms with E-state index in [1.807, 2.05) is 0 Å². The van der Waals surface area contributed by atoms with Gasteiger partial charge in [-0.1, -0.05) is 5.21 Å². The molecule has 2 heterocycles. The number of halogens is 1. The lowest BCUT2D eigenvalue weighted by molar-refractivity contribution is -0.131. The van der Waals surface area contributed by atoms with E-state index < -0.39 is 10.0 Å². The predicted octanol–water partition coefficient (Wildman–Crippen LogP) is 0.258. The molecule has 0 saturated carbocycles. The van der Waals surface area contributed by atoms with Crippen molar-refractivity contribution in [3.8, 4) is 0 Å². The molecular formula is C11H18BrN5O3S. The smallest absolute Gasteiger partial charge is 0.260 e. The number of carbonyl (C=O) groups is 1. The molecule has 0 aromatic carbocycles. The van der Waals surface area contributed by atoms with Gasteiger partial charge in [-0.2, -0.15) is 0 Å². The third-order valence-corrected chi connectivity index (χ3v) is 5.68. The first kappa shape index (κ1) is 16.4. The molecule has 1 saturated heterocycles. The summed E-state index contributed by atoms with van der Waals surface area (Å²) in [6, 6.07) is 0. The SMILES string of the molecule is Cn1nnc(Br)c1S(=O)(=O)NCCC(=O)N1CCCCC1. The van der Waals surface area contributed by atoms with E-state index in [-0.39, 0.29) is 28.5 Å². The highest BCUT2D eigenvalue weighted by Gasteiger charge is 2.24. The maximum atomic E-state index is 12.1. The fourth-order valence-electron chi connectivity index (χ4n) is 2.27. The number of sulfonamides is 1. The fourth-order valence-corrected chi connectivity index (χ4v) is 4.39. The second kappa shape index (κ2) is 6.84. The van der Waals surface area contributed by atoms with Crippen LogP contribution in [0.5, 0.6) is 0 Å². The van der Waals surface area contributed by atoms with Crippen LogP contribution in [0.2, 0.25) is 0 Å². The predicted molar refractivity (Wildman–Crippen MR) is 78.9 cm³/mol. The number of amides is 1. The summed E-state index contributed by atoms with van der Waals surface area (Å²) in [5.41, 5.74) is 0. The molecule has 1 amide bonds. The molecule has 118 valence electrons. The van der Waals surface area contributed by atoms with Crippen LogP contribution in [0.3, 0.4) is 0 Å². The lowest BCUT2D eigenvalue weighted by Gasteiger charge is -2.26. The highest BCUT2D eigenvalue weighted by Crippen LogP contribution is 2.17. The van der Waals surface area contributed by atoms with Crippen LogP contribution >= 0.6 is 15.9 Å². The summed E-state index contributed by atoms with van der Waals surface area (Å²) in [5, 5.41) is 7.21. The van der Waals surface area contributed by atoms with Crippen LogP contribution in [0.4, 0.5) is 0 Å².